The lowest BCUT2D eigenvalue weighted by molar-refractivity contribution is -0.141. The zero-order valence-corrected chi connectivity index (χ0v) is 23.0. The Morgan fingerprint density at radius 1 is 1.05 bits per heavy atom. The molecule has 204 valence electrons. The maximum Gasteiger partial charge on any atom is 0.246 e. The number of nitrogens with one attached hydrogen (secondary N) is 2. The first-order valence-corrected chi connectivity index (χ1v) is 15.2. The van der Waals surface area contributed by atoms with E-state index in [-0.39, 0.29) is 23.8 Å². The molecule has 6 rings (SSSR count). The van der Waals surface area contributed by atoms with Gasteiger partial charge in [-0.2, -0.15) is 0 Å². The second-order valence-corrected chi connectivity index (χ2v) is 11.9. The van der Waals surface area contributed by atoms with Crippen LogP contribution in [0.25, 0.3) is 0 Å². The van der Waals surface area contributed by atoms with E-state index in [0.29, 0.717) is 18.7 Å². The number of benzene rings is 2. The Morgan fingerprint density at radius 3 is 2.62 bits per heavy atom. The molecule has 39 heavy (non-hydrogen) atoms. The van der Waals surface area contributed by atoms with Gasteiger partial charge in [0, 0.05) is 23.2 Å². The van der Waals surface area contributed by atoms with Crippen LogP contribution in [0.4, 0.5) is 5.69 Å². The minimum atomic E-state index is -1.14. The fraction of sp³-hybridized carbons (Fsp3) is 0.452. The van der Waals surface area contributed by atoms with Crippen LogP contribution in [0.5, 0.6) is 0 Å². The molecule has 1 spiro atoms. The van der Waals surface area contributed by atoms with Crippen molar-refractivity contribution in [3.8, 4) is 0 Å². The van der Waals surface area contributed by atoms with Crippen LogP contribution in [0.2, 0.25) is 0 Å². The molecule has 5 atom stereocenters. The van der Waals surface area contributed by atoms with Crippen LogP contribution >= 0.6 is 11.8 Å². The summed E-state index contributed by atoms with van der Waals surface area (Å²) in [6.45, 7) is 0.385. The molecule has 3 amide bonds. The van der Waals surface area contributed by atoms with Crippen molar-refractivity contribution in [2.45, 2.75) is 67.2 Å². The molecule has 0 unspecified atom stereocenters. The van der Waals surface area contributed by atoms with E-state index < -0.39 is 29.6 Å². The standard InChI is InChI=1S/C31H35N3O4S/c1-39-23-14-8-13-22(19-23)33-28(35)25-24-15-17-31(38-24)26(25)30(37)34(18-16-20-9-4-2-5-10-20)27(31)29(36)32-21-11-6-3-7-12-21/h2,4-5,8-10,13-15,17,19,21,24-27H,3,6-7,11-12,16,18H2,1H3,(H,32,36)(H,33,35)/t24-,25+,26-,27+,31-/m0/s1. The summed E-state index contributed by atoms with van der Waals surface area (Å²) in [4.78, 5) is 44.4. The van der Waals surface area contributed by atoms with Crippen molar-refractivity contribution in [3.63, 3.8) is 0 Å². The van der Waals surface area contributed by atoms with Gasteiger partial charge in [-0.05, 0) is 49.3 Å². The van der Waals surface area contributed by atoms with E-state index in [1.807, 2.05) is 73.0 Å². The maximum absolute atomic E-state index is 14.1. The summed E-state index contributed by atoms with van der Waals surface area (Å²) in [7, 11) is 0. The molecule has 7 nitrogen and oxygen atoms in total. The highest BCUT2D eigenvalue weighted by molar-refractivity contribution is 7.98. The first kappa shape index (κ1) is 26.1. The van der Waals surface area contributed by atoms with E-state index in [9.17, 15) is 14.4 Å². The number of amides is 3. The quantitative estimate of drug-likeness (QED) is 0.384. The average molecular weight is 546 g/mol. The molecule has 1 saturated carbocycles. The van der Waals surface area contributed by atoms with Gasteiger partial charge < -0.3 is 20.3 Å². The normalized spacial score (nSPS) is 29.5. The van der Waals surface area contributed by atoms with E-state index >= 15 is 0 Å². The Labute approximate surface area is 233 Å². The molecular formula is C31H35N3O4S. The number of carbonyl (C=O) groups is 3. The third kappa shape index (κ3) is 4.78. The summed E-state index contributed by atoms with van der Waals surface area (Å²) < 4.78 is 6.48. The Bertz CT molecular complexity index is 1280. The highest BCUT2D eigenvalue weighted by Crippen LogP contribution is 2.55. The van der Waals surface area contributed by atoms with Gasteiger partial charge in [0.2, 0.25) is 17.7 Å². The van der Waals surface area contributed by atoms with E-state index in [1.54, 1.807) is 16.7 Å². The van der Waals surface area contributed by atoms with Crippen LogP contribution in [-0.2, 0) is 25.5 Å². The van der Waals surface area contributed by atoms with Crippen molar-refractivity contribution in [2.75, 3.05) is 18.1 Å². The van der Waals surface area contributed by atoms with Gasteiger partial charge in [0.1, 0.15) is 11.6 Å². The van der Waals surface area contributed by atoms with Crippen LogP contribution < -0.4 is 10.6 Å². The number of rotatable bonds is 8. The van der Waals surface area contributed by atoms with Gasteiger partial charge in [0.05, 0.1) is 17.9 Å². The number of likely N-dealkylation sites (tertiary alicyclic amines) is 1. The predicted molar refractivity (Wildman–Crippen MR) is 151 cm³/mol. The third-order valence-electron chi connectivity index (χ3n) is 8.70. The SMILES string of the molecule is CSc1cccc(NC(=O)[C@@H]2[C@@H]3C=C[C@]4(O3)[C@@H]2C(=O)N(CCc2ccccc2)[C@@H]4C(=O)NC2CCCCC2)c1. The fourth-order valence-corrected chi connectivity index (χ4v) is 7.31. The van der Waals surface area contributed by atoms with Gasteiger partial charge in [-0.15, -0.1) is 11.8 Å². The maximum atomic E-state index is 14.1. The van der Waals surface area contributed by atoms with Gasteiger partial charge in [0.15, 0.2) is 0 Å². The van der Waals surface area contributed by atoms with Crippen molar-refractivity contribution in [1.29, 1.82) is 0 Å². The van der Waals surface area contributed by atoms with Gasteiger partial charge in [0.25, 0.3) is 0 Å². The summed E-state index contributed by atoms with van der Waals surface area (Å²) >= 11 is 1.60. The van der Waals surface area contributed by atoms with Crippen molar-refractivity contribution in [3.05, 3.63) is 72.3 Å². The van der Waals surface area contributed by atoms with Gasteiger partial charge >= 0.3 is 0 Å². The van der Waals surface area contributed by atoms with E-state index in [4.69, 9.17) is 4.74 Å². The molecule has 8 heteroatoms. The van der Waals surface area contributed by atoms with Gasteiger partial charge in [-0.3, -0.25) is 14.4 Å². The van der Waals surface area contributed by atoms with Crippen molar-refractivity contribution in [2.24, 2.45) is 11.8 Å². The second-order valence-electron chi connectivity index (χ2n) is 11.0. The average Bonchev–Trinajstić information content (AvgIpc) is 3.60. The summed E-state index contributed by atoms with van der Waals surface area (Å²) in [5.74, 6) is -2.05. The Hall–Kier alpha value is -3.10. The molecule has 2 aromatic carbocycles. The molecule has 2 aromatic rings. The summed E-state index contributed by atoms with van der Waals surface area (Å²) in [5.41, 5.74) is 0.640. The van der Waals surface area contributed by atoms with Crippen molar-refractivity contribution >= 4 is 35.2 Å². The van der Waals surface area contributed by atoms with Crippen LogP contribution in [-0.4, -0.2) is 59.2 Å². The minimum Gasteiger partial charge on any atom is -0.359 e. The lowest BCUT2D eigenvalue weighted by Gasteiger charge is -2.34. The lowest BCUT2D eigenvalue weighted by Crippen LogP contribution is -2.56. The highest BCUT2D eigenvalue weighted by Gasteiger charge is 2.72. The molecule has 3 aliphatic heterocycles. The Kier molecular flexibility index (Phi) is 7.25. The van der Waals surface area contributed by atoms with Crippen LogP contribution in [0.15, 0.2) is 71.6 Å². The van der Waals surface area contributed by atoms with Crippen LogP contribution in [0.3, 0.4) is 0 Å². The minimum absolute atomic E-state index is 0.109. The monoisotopic (exact) mass is 545 g/mol. The number of carbonyl (C=O) groups excluding carboxylic acids is 3. The molecule has 3 fully saturated rings. The zero-order valence-electron chi connectivity index (χ0n) is 22.2. The van der Waals surface area contributed by atoms with Crippen molar-refractivity contribution < 1.29 is 19.1 Å². The second kappa shape index (κ2) is 10.8. The number of nitrogens with zero attached hydrogens (tertiary/aromatic N) is 1. The first-order chi connectivity index (χ1) is 19.0. The topological polar surface area (TPSA) is 87.7 Å². The number of fused-ring (bicyclic) bond motifs is 1. The molecular weight excluding hydrogens is 510 g/mol. The number of hydrogen-bond acceptors (Lipinski definition) is 5. The van der Waals surface area contributed by atoms with E-state index in [2.05, 4.69) is 10.6 Å². The molecule has 0 radical (unpaired) electrons. The predicted octanol–water partition coefficient (Wildman–Crippen LogP) is 4.19. The van der Waals surface area contributed by atoms with Crippen molar-refractivity contribution in [1.82, 2.24) is 10.2 Å². The van der Waals surface area contributed by atoms with E-state index in [0.717, 1.165) is 36.1 Å². The molecule has 1 aliphatic carbocycles. The zero-order chi connectivity index (χ0) is 27.0. The Morgan fingerprint density at radius 2 is 1.85 bits per heavy atom. The molecule has 3 heterocycles. The summed E-state index contributed by atoms with van der Waals surface area (Å²) in [5, 5.41) is 6.27. The number of hydrogen-bond donors (Lipinski definition) is 2. The Balaban J connectivity index is 1.29. The largest absolute Gasteiger partial charge is 0.359 e. The molecule has 2 bridgehead atoms. The van der Waals surface area contributed by atoms with Crippen LogP contribution in [0.1, 0.15) is 37.7 Å². The van der Waals surface area contributed by atoms with Gasteiger partial charge in [-0.1, -0.05) is 67.8 Å². The van der Waals surface area contributed by atoms with Crippen LogP contribution in [0, 0.1) is 11.8 Å². The number of anilines is 1. The molecule has 2 N–H and O–H groups in total. The number of ether oxygens (including phenoxy) is 1. The molecule has 0 aromatic heterocycles. The highest BCUT2D eigenvalue weighted by atomic mass is 32.2. The van der Waals surface area contributed by atoms with E-state index in [1.165, 1.54) is 6.42 Å². The molecule has 2 saturated heterocycles. The molecule has 4 aliphatic rings. The first-order valence-electron chi connectivity index (χ1n) is 14.0. The lowest BCUT2D eigenvalue weighted by atomic mass is 9.74. The fourth-order valence-electron chi connectivity index (χ4n) is 6.86. The summed E-state index contributed by atoms with van der Waals surface area (Å²) in [6.07, 6.45) is 11.1. The third-order valence-corrected chi connectivity index (χ3v) is 9.42. The van der Waals surface area contributed by atoms with Gasteiger partial charge in [-0.25, -0.2) is 0 Å². The smallest absolute Gasteiger partial charge is 0.246 e. The number of thioether (sulfide) groups is 1. The summed E-state index contributed by atoms with van der Waals surface area (Å²) in [6, 6.07) is 16.9.